The minimum atomic E-state index is -0.198. The molecule has 1 aromatic carbocycles. The van der Waals surface area contributed by atoms with E-state index in [0.717, 1.165) is 32.1 Å². The Bertz CT molecular complexity index is 434. The Kier molecular flexibility index (Phi) is 6.52. The van der Waals surface area contributed by atoms with Gasteiger partial charge in [-0.25, -0.2) is 0 Å². The van der Waals surface area contributed by atoms with E-state index in [9.17, 15) is 4.79 Å². The maximum absolute atomic E-state index is 10.7. The molecule has 0 aliphatic heterocycles. The van der Waals surface area contributed by atoms with Crippen LogP contribution in [0.2, 0.25) is 0 Å². The second-order valence-corrected chi connectivity index (χ2v) is 5.00. The standard InChI is InChI=1S/C15H21NO2.BrH/c1-11(17)18-9-3-6-12-4-2-5-13-10-14(16)7-8-15(12)13;/h2,4-5,14H,3,6-10,16H2,1H3;1H. The van der Waals surface area contributed by atoms with Crippen LogP contribution in [0.4, 0.5) is 0 Å². The van der Waals surface area contributed by atoms with E-state index in [-0.39, 0.29) is 23.0 Å². The first-order valence-corrected chi connectivity index (χ1v) is 6.65. The Hall–Kier alpha value is -0.870. The van der Waals surface area contributed by atoms with E-state index in [4.69, 9.17) is 10.5 Å². The van der Waals surface area contributed by atoms with Crippen LogP contribution in [0.15, 0.2) is 18.2 Å². The number of hydrogen-bond donors (Lipinski definition) is 1. The zero-order valence-corrected chi connectivity index (χ0v) is 13.1. The van der Waals surface area contributed by atoms with E-state index in [1.165, 1.54) is 23.6 Å². The molecule has 1 aromatic rings. The van der Waals surface area contributed by atoms with Crippen LogP contribution >= 0.6 is 17.0 Å². The molecule has 3 nitrogen and oxygen atoms in total. The average molecular weight is 328 g/mol. The summed E-state index contributed by atoms with van der Waals surface area (Å²) in [5.74, 6) is -0.198. The zero-order chi connectivity index (χ0) is 13.0. The van der Waals surface area contributed by atoms with Gasteiger partial charge in [-0.1, -0.05) is 18.2 Å². The monoisotopic (exact) mass is 327 g/mol. The maximum Gasteiger partial charge on any atom is 0.302 e. The molecule has 106 valence electrons. The molecule has 0 fully saturated rings. The predicted molar refractivity (Wildman–Crippen MR) is 81.7 cm³/mol. The van der Waals surface area contributed by atoms with Crippen LogP contribution < -0.4 is 5.73 Å². The lowest BCUT2D eigenvalue weighted by Gasteiger charge is -2.23. The summed E-state index contributed by atoms with van der Waals surface area (Å²) >= 11 is 0. The zero-order valence-electron chi connectivity index (χ0n) is 11.4. The van der Waals surface area contributed by atoms with E-state index in [1.54, 1.807) is 0 Å². The number of esters is 1. The molecular weight excluding hydrogens is 306 g/mol. The number of carbonyl (C=O) groups is 1. The topological polar surface area (TPSA) is 52.3 Å². The number of hydrogen-bond acceptors (Lipinski definition) is 3. The fourth-order valence-electron chi connectivity index (χ4n) is 2.63. The molecule has 0 spiro atoms. The SMILES string of the molecule is Br.CC(=O)OCCCc1cccc2c1CCC(N)C2. The second-order valence-electron chi connectivity index (χ2n) is 5.00. The van der Waals surface area contributed by atoms with Crippen molar-refractivity contribution in [3.05, 3.63) is 34.9 Å². The smallest absolute Gasteiger partial charge is 0.302 e. The number of fused-ring (bicyclic) bond motifs is 1. The Balaban J connectivity index is 0.00000180. The second kappa shape index (κ2) is 7.65. The van der Waals surface area contributed by atoms with Crippen molar-refractivity contribution in [2.24, 2.45) is 5.73 Å². The number of halogens is 1. The fraction of sp³-hybridized carbons (Fsp3) is 0.533. The molecule has 0 saturated carbocycles. The van der Waals surface area contributed by atoms with Crippen LogP contribution in [0.25, 0.3) is 0 Å². The van der Waals surface area contributed by atoms with E-state index >= 15 is 0 Å². The third-order valence-corrected chi connectivity index (χ3v) is 3.51. The van der Waals surface area contributed by atoms with Gasteiger partial charge < -0.3 is 10.5 Å². The summed E-state index contributed by atoms with van der Waals surface area (Å²) in [5, 5.41) is 0. The molecule has 0 amide bonds. The summed E-state index contributed by atoms with van der Waals surface area (Å²) in [6.45, 7) is 1.96. The van der Waals surface area contributed by atoms with Crippen LogP contribution in [-0.2, 0) is 28.8 Å². The third-order valence-electron chi connectivity index (χ3n) is 3.51. The summed E-state index contributed by atoms with van der Waals surface area (Å²) in [4.78, 5) is 10.7. The first kappa shape index (κ1) is 16.2. The minimum absolute atomic E-state index is 0. The lowest BCUT2D eigenvalue weighted by Crippen LogP contribution is -2.28. The van der Waals surface area contributed by atoms with Gasteiger partial charge in [-0.3, -0.25) is 4.79 Å². The highest BCUT2D eigenvalue weighted by atomic mass is 79.9. The molecular formula is C15H22BrNO2. The summed E-state index contributed by atoms with van der Waals surface area (Å²) < 4.78 is 4.97. The quantitative estimate of drug-likeness (QED) is 0.683. The summed E-state index contributed by atoms with van der Waals surface area (Å²) in [6.07, 6.45) is 5.02. The molecule has 2 N–H and O–H groups in total. The number of aryl methyl sites for hydroxylation is 1. The van der Waals surface area contributed by atoms with E-state index in [0.29, 0.717) is 12.6 Å². The van der Waals surface area contributed by atoms with Crippen LogP contribution in [-0.4, -0.2) is 18.6 Å². The highest BCUT2D eigenvalue weighted by Crippen LogP contribution is 2.24. The van der Waals surface area contributed by atoms with Crippen molar-refractivity contribution >= 4 is 23.0 Å². The number of ether oxygens (including phenoxy) is 1. The van der Waals surface area contributed by atoms with Gasteiger partial charge in [-0.2, -0.15) is 0 Å². The van der Waals surface area contributed by atoms with Crippen molar-refractivity contribution in [3.63, 3.8) is 0 Å². The van der Waals surface area contributed by atoms with Gasteiger partial charge in [0.1, 0.15) is 0 Å². The molecule has 1 atom stereocenters. The molecule has 1 aliphatic carbocycles. The van der Waals surface area contributed by atoms with Crippen molar-refractivity contribution in [3.8, 4) is 0 Å². The van der Waals surface area contributed by atoms with Crippen LogP contribution in [0.5, 0.6) is 0 Å². The summed E-state index contributed by atoms with van der Waals surface area (Å²) in [7, 11) is 0. The van der Waals surface area contributed by atoms with Gasteiger partial charge in [0.15, 0.2) is 0 Å². The molecule has 0 heterocycles. The fourth-order valence-corrected chi connectivity index (χ4v) is 2.63. The van der Waals surface area contributed by atoms with Gasteiger partial charge in [0, 0.05) is 13.0 Å². The van der Waals surface area contributed by atoms with Gasteiger partial charge in [0.2, 0.25) is 0 Å². The normalized spacial score (nSPS) is 17.3. The van der Waals surface area contributed by atoms with Crippen molar-refractivity contribution in [2.75, 3.05) is 6.61 Å². The first-order chi connectivity index (χ1) is 8.66. The van der Waals surface area contributed by atoms with Crippen molar-refractivity contribution < 1.29 is 9.53 Å². The predicted octanol–water partition coefficient (Wildman–Crippen LogP) is 2.58. The average Bonchev–Trinajstić information content (AvgIpc) is 2.34. The van der Waals surface area contributed by atoms with E-state index in [2.05, 4.69) is 18.2 Å². The van der Waals surface area contributed by atoms with Gasteiger partial charge in [0.05, 0.1) is 6.61 Å². The highest BCUT2D eigenvalue weighted by molar-refractivity contribution is 8.93. The number of nitrogens with two attached hydrogens (primary N) is 1. The van der Waals surface area contributed by atoms with Crippen LogP contribution in [0.1, 0.15) is 36.5 Å². The first-order valence-electron chi connectivity index (χ1n) is 6.65. The molecule has 2 rings (SSSR count). The summed E-state index contributed by atoms with van der Waals surface area (Å²) in [6, 6.07) is 6.79. The Labute approximate surface area is 125 Å². The van der Waals surface area contributed by atoms with E-state index < -0.39 is 0 Å². The van der Waals surface area contributed by atoms with Crippen LogP contribution in [0, 0.1) is 0 Å². The van der Waals surface area contributed by atoms with Crippen molar-refractivity contribution in [2.45, 2.75) is 45.1 Å². The Morgan fingerprint density at radius 3 is 3.00 bits per heavy atom. The van der Waals surface area contributed by atoms with Gasteiger partial charge in [-0.05, 0) is 48.8 Å². The van der Waals surface area contributed by atoms with Gasteiger partial charge in [-0.15, -0.1) is 17.0 Å². The summed E-state index contributed by atoms with van der Waals surface area (Å²) in [5.41, 5.74) is 10.3. The highest BCUT2D eigenvalue weighted by Gasteiger charge is 2.17. The lowest BCUT2D eigenvalue weighted by molar-refractivity contribution is -0.141. The number of carbonyl (C=O) groups excluding carboxylic acids is 1. The van der Waals surface area contributed by atoms with E-state index in [1.807, 2.05) is 0 Å². The van der Waals surface area contributed by atoms with Crippen molar-refractivity contribution in [1.82, 2.24) is 0 Å². The van der Waals surface area contributed by atoms with Gasteiger partial charge in [0.25, 0.3) is 0 Å². The molecule has 0 aromatic heterocycles. The molecule has 0 bridgehead atoms. The molecule has 4 heteroatoms. The molecule has 0 radical (unpaired) electrons. The largest absolute Gasteiger partial charge is 0.466 e. The number of rotatable bonds is 4. The third kappa shape index (κ3) is 4.62. The number of benzene rings is 1. The molecule has 1 aliphatic rings. The van der Waals surface area contributed by atoms with Crippen LogP contribution in [0.3, 0.4) is 0 Å². The minimum Gasteiger partial charge on any atom is -0.466 e. The molecule has 19 heavy (non-hydrogen) atoms. The van der Waals surface area contributed by atoms with Gasteiger partial charge >= 0.3 is 5.97 Å². The maximum atomic E-state index is 10.7. The Morgan fingerprint density at radius 1 is 1.47 bits per heavy atom. The lowest BCUT2D eigenvalue weighted by atomic mass is 9.85. The Morgan fingerprint density at radius 2 is 2.26 bits per heavy atom. The molecule has 1 unspecified atom stereocenters. The van der Waals surface area contributed by atoms with Crippen molar-refractivity contribution in [1.29, 1.82) is 0 Å². The molecule has 0 saturated heterocycles.